The number of rotatable bonds is 4. The van der Waals surface area contributed by atoms with Crippen LogP contribution < -0.4 is 5.32 Å². The minimum Gasteiger partial charge on any atom is -0.394 e. The minimum atomic E-state index is -0.908. The number of aliphatic hydroxyl groups excluding tert-OH is 2. The van der Waals surface area contributed by atoms with Crippen LogP contribution in [0.1, 0.15) is 6.92 Å². The van der Waals surface area contributed by atoms with Crippen LogP contribution in [0, 0.1) is 0 Å². The smallest absolute Gasteiger partial charge is 0.237 e. The summed E-state index contributed by atoms with van der Waals surface area (Å²) < 4.78 is 0. The first-order valence-electron chi connectivity index (χ1n) is 3.28. The van der Waals surface area contributed by atoms with Crippen molar-refractivity contribution in [3.63, 3.8) is 0 Å². The first-order chi connectivity index (χ1) is 5.07. The molecule has 0 rings (SSSR count). The van der Waals surface area contributed by atoms with E-state index in [4.69, 9.17) is 21.8 Å². The van der Waals surface area contributed by atoms with Crippen LogP contribution in [0.25, 0.3) is 0 Å². The molecule has 0 spiro atoms. The topological polar surface area (TPSA) is 69.6 Å². The second-order valence-electron chi connectivity index (χ2n) is 2.20. The SMILES string of the molecule is C[C@H](Cl)C(=O)NC[C@H](O)CO. The van der Waals surface area contributed by atoms with E-state index in [0.717, 1.165) is 0 Å². The summed E-state index contributed by atoms with van der Waals surface area (Å²) in [5.74, 6) is -0.348. The van der Waals surface area contributed by atoms with Gasteiger partial charge in [0.15, 0.2) is 0 Å². The van der Waals surface area contributed by atoms with Gasteiger partial charge in [-0.25, -0.2) is 0 Å². The number of nitrogens with one attached hydrogen (secondary N) is 1. The minimum absolute atomic E-state index is 0.0341. The zero-order valence-corrected chi connectivity index (χ0v) is 7.01. The van der Waals surface area contributed by atoms with E-state index in [-0.39, 0.29) is 19.1 Å². The molecule has 0 aliphatic carbocycles. The van der Waals surface area contributed by atoms with Crippen molar-refractivity contribution < 1.29 is 15.0 Å². The second kappa shape index (κ2) is 5.35. The van der Waals surface area contributed by atoms with E-state index in [1.54, 1.807) is 0 Å². The van der Waals surface area contributed by atoms with E-state index in [9.17, 15) is 4.79 Å². The van der Waals surface area contributed by atoms with Crippen LogP contribution in [0.5, 0.6) is 0 Å². The van der Waals surface area contributed by atoms with Gasteiger partial charge >= 0.3 is 0 Å². The van der Waals surface area contributed by atoms with E-state index < -0.39 is 11.5 Å². The summed E-state index contributed by atoms with van der Waals surface area (Å²) in [5.41, 5.74) is 0. The van der Waals surface area contributed by atoms with Gasteiger partial charge in [0.1, 0.15) is 5.38 Å². The molecule has 0 radical (unpaired) electrons. The van der Waals surface area contributed by atoms with Crippen molar-refractivity contribution in [2.45, 2.75) is 18.4 Å². The Hall–Kier alpha value is -0.320. The first kappa shape index (κ1) is 10.7. The molecule has 0 aliphatic rings. The lowest BCUT2D eigenvalue weighted by Crippen LogP contribution is -2.37. The van der Waals surface area contributed by atoms with Gasteiger partial charge in [-0.05, 0) is 6.92 Å². The van der Waals surface area contributed by atoms with Crippen molar-refractivity contribution >= 4 is 17.5 Å². The van der Waals surface area contributed by atoms with Gasteiger partial charge in [-0.15, -0.1) is 11.6 Å². The van der Waals surface area contributed by atoms with Crippen molar-refractivity contribution in [1.82, 2.24) is 5.32 Å². The summed E-state index contributed by atoms with van der Waals surface area (Å²) >= 11 is 5.40. The molecule has 0 heterocycles. The largest absolute Gasteiger partial charge is 0.394 e. The average molecular weight is 182 g/mol. The maximum absolute atomic E-state index is 10.7. The molecule has 0 unspecified atom stereocenters. The summed E-state index contributed by atoms with van der Waals surface area (Å²) in [6.45, 7) is 1.20. The number of halogens is 1. The Kier molecular flexibility index (Phi) is 5.19. The number of amides is 1. The number of hydrogen-bond donors (Lipinski definition) is 3. The van der Waals surface area contributed by atoms with Crippen LogP contribution in [0.2, 0.25) is 0 Å². The number of aliphatic hydroxyl groups is 2. The zero-order chi connectivity index (χ0) is 8.85. The Morgan fingerprint density at radius 1 is 1.73 bits per heavy atom. The average Bonchev–Trinajstić information content (AvgIpc) is 1.99. The Bertz CT molecular complexity index is 129. The Labute approximate surface area is 70.2 Å². The molecule has 1 amide bonds. The van der Waals surface area contributed by atoms with E-state index in [1.807, 2.05) is 0 Å². The molecular formula is C6H12ClNO3. The molecule has 2 atom stereocenters. The highest BCUT2D eigenvalue weighted by molar-refractivity contribution is 6.30. The molecule has 11 heavy (non-hydrogen) atoms. The number of hydrogen-bond acceptors (Lipinski definition) is 3. The molecule has 0 bridgehead atoms. The molecule has 0 aromatic heterocycles. The van der Waals surface area contributed by atoms with Crippen LogP contribution in [-0.2, 0) is 4.79 Å². The van der Waals surface area contributed by atoms with Crippen molar-refractivity contribution in [2.75, 3.05) is 13.2 Å². The molecule has 3 N–H and O–H groups in total. The molecule has 5 heteroatoms. The van der Waals surface area contributed by atoms with Gasteiger partial charge in [0.2, 0.25) is 5.91 Å². The fraction of sp³-hybridized carbons (Fsp3) is 0.833. The lowest BCUT2D eigenvalue weighted by Gasteiger charge is -2.09. The second-order valence-corrected chi connectivity index (χ2v) is 2.85. The predicted octanol–water partition coefficient (Wildman–Crippen LogP) is -0.917. The highest BCUT2D eigenvalue weighted by Crippen LogP contribution is 1.91. The van der Waals surface area contributed by atoms with Gasteiger partial charge in [-0.1, -0.05) is 0 Å². The van der Waals surface area contributed by atoms with E-state index in [2.05, 4.69) is 5.32 Å². The predicted molar refractivity (Wildman–Crippen MR) is 41.4 cm³/mol. The number of carbonyl (C=O) groups is 1. The molecular weight excluding hydrogens is 170 g/mol. The van der Waals surface area contributed by atoms with Gasteiger partial charge < -0.3 is 15.5 Å². The Morgan fingerprint density at radius 2 is 2.27 bits per heavy atom. The van der Waals surface area contributed by atoms with Crippen molar-refractivity contribution in [2.24, 2.45) is 0 Å². The van der Waals surface area contributed by atoms with Crippen molar-refractivity contribution in [1.29, 1.82) is 0 Å². The molecule has 0 aromatic carbocycles. The number of carbonyl (C=O) groups excluding carboxylic acids is 1. The van der Waals surface area contributed by atoms with Gasteiger partial charge in [-0.3, -0.25) is 4.79 Å². The van der Waals surface area contributed by atoms with Gasteiger partial charge in [-0.2, -0.15) is 0 Å². The quantitative estimate of drug-likeness (QED) is 0.492. The van der Waals surface area contributed by atoms with E-state index in [1.165, 1.54) is 6.92 Å². The van der Waals surface area contributed by atoms with Crippen LogP contribution in [0.15, 0.2) is 0 Å². The molecule has 0 saturated heterocycles. The third kappa shape index (κ3) is 5.01. The van der Waals surface area contributed by atoms with E-state index in [0.29, 0.717) is 0 Å². The fourth-order valence-corrected chi connectivity index (χ4v) is 0.501. The highest BCUT2D eigenvalue weighted by Gasteiger charge is 2.09. The van der Waals surface area contributed by atoms with Crippen molar-refractivity contribution in [3.05, 3.63) is 0 Å². The standard InChI is InChI=1S/C6H12ClNO3/c1-4(7)6(11)8-2-5(10)3-9/h4-5,9-10H,2-3H2,1H3,(H,8,11)/t4-,5-/m0/s1. The zero-order valence-electron chi connectivity index (χ0n) is 6.25. The lowest BCUT2D eigenvalue weighted by atomic mass is 10.3. The van der Waals surface area contributed by atoms with Crippen LogP contribution in [0.3, 0.4) is 0 Å². The molecule has 0 saturated carbocycles. The van der Waals surface area contributed by atoms with E-state index >= 15 is 0 Å². The lowest BCUT2D eigenvalue weighted by molar-refractivity contribution is -0.121. The van der Waals surface area contributed by atoms with Gasteiger partial charge in [0.05, 0.1) is 12.7 Å². The van der Waals surface area contributed by atoms with Gasteiger partial charge in [0, 0.05) is 6.54 Å². The molecule has 0 aromatic rings. The Balaban J connectivity index is 3.46. The third-order valence-electron chi connectivity index (χ3n) is 1.08. The summed E-state index contributed by atoms with van der Waals surface area (Å²) in [7, 11) is 0. The summed E-state index contributed by atoms with van der Waals surface area (Å²) in [6.07, 6.45) is -0.908. The maximum Gasteiger partial charge on any atom is 0.237 e. The highest BCUT2D eigenvalue weighted by atomic mass is 35.5. The molecule has 66 valence electrons. The summed E-state index contributed by atoms with van der Waals surface area (Å²) in [6, 6.07) is 0. The first-order valence-corrected chi connectivity index (χ1v) is 3.72. The fourth-order valence-electron chi connectivity index (χ4n) is 0.424. The molecule has 0 aliphatic heterocycles. The third-order valence-corrected chi connectivity index (χ3v) is 1.28. The summed E-state index contributed by atoms with van der Waals surface area (Å²) in [5, 5.41) is 18.9. The molecule has 0 fully saturated rings. The summed E-state index contributed by atoms with van der Waals surface area (Å²) in [4.78, 5) is 10.7. The van der Waals surface area contributed by atoms with Crippen LogP contribution in [-0.4, -0.2) is 40.8 Å². The molecule has 4 nitrogen and oxygen atoms in total. The maximum atomic E-state index is 10.7. The van der Waals surface area contributed by atoms with Gasteiger partial charge in [0.25, 0.3) is 0 Å². The van der Waals surface area contributed by atoms with Crippen LogP contribution >= 0.6 is 11.6 Å². The monoisotopic (exact) mass is 181 g/mol. The Morgan fingerprint density at radius 3 is 2.64 bits per heavy atom. The van der Waals surface area contributed by atoms with Crippen molar-refractivity contribution in [3.8, 4) is 0 Å². The number of alkyl halides is 1. The van der Waals surface area contributed by atoms with Crippen LogP contribution in [0.4, 0.5) is 0 Å². The normalized spacial score (nSPS) is 15.6.